The predicted octanol–water partition coefficient (Wildman–Crippen LogP) is 4.03. The number of amides is 1. The Balaban J connectivity index is 2.05. The van der Waals surface area contributed by atoms with Gasteiger partial charge in [-0.25, -0.2) is 0 Å². The van der Waals surface area contributed by atoms with E-state index in [0.29, 0.717) is 27.9 Å². The number of carbonyl (C=O) groups excluding carboxylic acids is 1. The van der Waals surface area contributed by atoms with Gasteiger partial charge in [-0.05, 0) is 37.8 Å². The van der Waals surface area contributed by atoms with Gasteiger partial charge < -0.3 is 14.4 Å². The lowest BCUT2D eigenvalue weighted by molar-refractivity contribution is 0.00708. The SMILES string of the molecule is COc1c(Cl)ccc(Cl)c1C(=O)N(C)CCC1CCCCO1. The Bertz CT molecular complexity index is 530. The fourth-order valence-electron chi connectivity index (χ4n) is 2.60. The lowest BCUT2D eigenvalue weighted by Crippen LogP contribution is -2.32. The van der Waals surface area contributed by atoms with Crippen molar-refractivity contribution >= 4 is 29.1 Å². The molecule has 122 valence electrons. The van der Waals surface area contributed by atoms with Gasteiger partial charge in [0.05, 0.1) is 23.3 Å². The fourth-order valence-corrected chi connectivity index (χ4v) is 3.06. The van der Waals surface area contributed by atoms with Gasteiger partial charge in [-0.15, -0.1) is 0 Å². The summed E-state index contributed by atoms with van der Waals surface area (Å²) in [5.41, 5.74) is 0.309. The number of hydrogen-bond donors (Lipinski definition) is 0. The van der Waals surface area contributed by atoms with Gasteiger partial charge in [0.15, 0.2) is 5.75 Å². The van der Waals surface area contributed by atoms with Crippen molar-refractivity contribution in [2.75, 3.05) is 27.3 Å². The Morgan fingerprint density at radius 3 is 2.73 bits per heavy atom. The largest absolute Gasteiger partial charge is 0.494 e. The monoisotopic (exact) mass is 345 g/mol. The van der Waals surface area contributed by atoms with E-state index in [0.717, 1.165) is 25.9 Å². The molecule has 22 heavy (non-hydrogen) atoms. The van der Waals surface area contributed by atoms with Crippen molar-refractivity contribution in [1.29, 1.82) is 0 Å². The highest BCUT2D eigenvalue weighted by atomic mass is 35.5. The first kappa shape index (κ1) is 17.4. The zero-order valence-corrected chi connectivity index (χ0v) is 14.4. The predicted molar refractivity (Wildman–Crippen MR) is 88.2 cm³/mol. The number of carbonyl (C=O) groups is 1. The van der Waals surface area contributed by atoms with Gasteiger partial charge in [-0.1, -0.05) is 23.2 Å². The molecule has 0 spiro atoms. The van der Waals surface area contributed by atoms with Crippen LogP contribution >= 0.6 is 23.2 Å². The highest BCUT2D eigenvalue weighted by Crippen LogP contribution is 2.34. The van der Waals surface area contributed by atoms with Crippen molar-refractivity contribution < 1.29 is 14.3 Å². The van der Waals surface area contributed by atoms with Crippen LogP contribution in [0.1, 0.15) is 36.0 Å². The van der Waals surface area contributed by atoms with E-state index in [2.05, 4.69) is 0 Å². The van der Waals surface area contributed by atoms with Crippen LogP contribution in [0.4, 0.5) is 0 Å². The molecule has 1 fully saturated rings. The summed E-state index contributed by atoms with van der Waals surface area (Å²) >= 11 is 12.2. The molecule has 1 aliphatic rings. The third-order valence-corrected chi connectivity index (χ3v) is 4.50. The van der Waals surface area contributed by atoms with Crippen LogP contribution in [0.3, 0.4) is 0 Å². The minimum atomic E-state index is -0.194. The molecule has 0 saturated carbocycles. The molecule has 1 aromatic carbocycles. The number of halogens is 2. The Labute approximate surface area is 141 Å². The normalized spacial score (nSPS) is 18.1. The smallest absolute Gasteiger partial charge is 0.258 e. The molecular weight excluding hydrogens is 325 g/mol. The second-order valence-corrected chi connectivity index (χ2v) is 6.26. The Morgan fingerprint density at radius 1 is 1.36 bits per heavy atom. The second kappa shape index (κ2) is 8.04. The van der Waals surface area contributed by atoms with Crippen LogP contribution in [0.15, 0.2) is 12.1 Å². The van der Waals surface area contributed by atoms with Crippen LogP contribution in [0, 0.1) is 0 Å². The molecule has 1 aliphatic heterocycles. The highest BCUT2D eigenvalue weighted by Gasteiger charge is 2.23. The summed E-state index contributed by atoms with van der Waals surface area (Å²) in [6, 6.07) is 3.23. The summed E-state index contributed by atoms with van der Waals surface area (Å²) in [7, 11) is 3.23. The number of hydrogen-bond acceptors (Lipinski definition) is 3. The van der Waals surface area contributed by atoms with Gasteiger partial charge in [0.25, 0.3) is 5.91 Å². The van der Waals surface area contributed by atoms with Gasteiger partial charge in [0, 0.05) is 20.2 Å². The average Bonchev–Trinajstić information content (AvgIpc) is 2.54. The van der Waals surface area contributed by atoms with Crippen molar-refractivity contribution in [2.45, 2.75) is 31.8 Å². The summed E-state index contributed by atoms with van der Waals surface area (Å²) < 4.78 is 10.9. The zero-order chi connectivity index (χ0) is 16.1. The van der Waals surface area contributed by atoms with Crippen molar-refractivity contribution in [3.63, 3.8) is 0 Å². The first-order valence-corrected chi connectivity index (χ1v) is 8.19. The van der Waals surface area contributed by atoms with Crippen LogP contribution < -0.4 is 4.74 Å². The summed E-state index contributed by atoms with van der Waals surface area (Å²) in [5.74, 6) is 0.125. The first-order chi connectivity index (χ1) is 10.5. The lowest BCUT2D eigenvalue weighted by Gasteiger charge is -2.25. The van der Waals surface area contributed by atoms with E-state index in [-0.39, 0.29) is 12.0 Å². The van der Waals surface area contributed by atoms with Crippen LogP contribution in [0.5, 0.6) is 5.75 Å². The fraction of sp³-hybridized carbons (Fsp3) is 0.562. The van der Waals surface area contributed by atoms with Crippen molar-refractivity contribution in [3.05, 3.63) is 27.7 Å². The standard InChI is InChI=1S/C16H21Cl2NO3/c1-19(9-8-11-5-3-4-10-22-11)16(20)14-12(17)6-7-13(18)15(14)21-2/h6-7,11H,3-5,8-10H2,1-2H3. The van der Waals surface area contributed by atoms with E-state index in [1.54, 1.807) is 24.1 Å². The van der Waals surface area contributed by atoms with E-state index >= 15 is 0 Å². The third-order valence-electron chi connectivity index (χ3n) is 3.88. The number of benzene rings is 1. The number of methoxy groups -OCH3 is 1. The van der Waals surface area contributed by atoms with E-state index in [1.165, 1.54) is 13.5 Å². The molecule has 0 bridgehead atoms. The average molecular weight is 346 g/mol. The van der Waals surface area contributed by atoms with Crippen molar-refractivity contribution in [2.24, 2.45) is 0 Å². The van der Waals surface area contributed by atoms with Gasteiger partial charge in [0.2, 0.25) is 0 Å². The quantitative estimate of drug-likeness (QED) is 0.808. The molecule has 1 amide bonds. The maximum Gasteiger partial charge on any atom is 0.258 e. The van der Waals surface area contributed by atoms with Crippen LogP contribution in [-0.2, 0) is 4.74 Å². The molecular formula is C16H21Cl2NO3. The zero-order valence-electron chi connectivity index (χ0n) is 12.9. The lowest BCUT2D eigenvalue weighted by atomic mass is 10.1. The van der Waals surface area contributed by atoms with Crippen LogP contribution in [0.2, 0.25) is 10.0 Å². The van der Waals surface area contributed by atoms with Crippen molar-refractivity contribution in [3.8, 4) is 5.75 Å². The molecule has 2 rings (SSSR count). The molecule has 1 unspecified atom stereocenters. The van der Waals surface area contributed by atoms with Crippen LogP contribution in [0.25, 0.3) is 0 Å². The summed E-state index contributed by atoms with van der Waals surface area (Å²) in [6.07, 6.45) is 4.43. The molecule has 1 saturated heterocycles. The first-order valence-electron chi connectivity index (χ1n) is 7.43. The number of ether oxygens (including phenoxy) is 2. The molecule has 0 radical (unpaired) electrons. The van der Waals surface area contributed by atoms with E-state index < -0.39 is 0 Å². The van der Waals surface area contributed by atoms with E-state index in [9.17, 15) is 4.79 Å². The molecule has 1 atom stereocenters. The van der Waals surface area contributed by atoms with Crippen molar-refractivity contribution in [1.82, 2.24) is 4.90 Å². The molecule has 1 aromatic rings. The maximum absolute atomic E-state index is 12.6. The summed E-state index contributed by atoms with van der Waals surface area (Å²) in [5, 5.41) is 0.714. The van der Waals surface area contributed by atoms with E-state index in [1.807, 2.05) is 0 Å². The summed E-state index contributed by atoms with van der Waals surface area (Å²) in [4.78, 5) is 14.3. The maximum atomic E-state index is 12.6. The third kappa shape index (κ3) is 4.06. The topological polar surface area (TPSA) is 38.8 Å². The Morgan fingerprint density at radius 2 is 2.09 bits per heavy atom. The number of nitrogens with zero attached hydrogens (tertiary/aromatic N) is 1. The molecule has 4 nitrogen and oxygen atoms in total. The Kier molecular flexibility index (Phi) is 6.36. The van der Waals surface area contributed by atoms with Gasteiger partial charge in [-0.2, -0.15) is 0 Å². The molecule has 6 heteroatoms. The molecule has 0 aliphatic carbocycles. The van der Waals surface area contributed by atoms with Gasteiger partial charge >= 0.3 is 0 Å². The minimum absolute atomic E-state index is 0.194. The molecule has 0 aromatic heterocycles. The second-order valence-electron chi connectivity index (χ2n) is 5.44. The molecule has 1 heterocycles. The number of rotatable bonds is 5. The molecule has 0 N–H and O–H groups in total. The minimum Gasteiger partial charge on any atom is -0.494 e. The van der Waals surface area contributed by atoms with Crippen LogP contribution in [-0.4, -0.2) is 44.2 Å². The summed E-state index contributed by atoms with van der Waals surface area (Å²) in [6.45, 7) is 1.42. The van der Waals surface area contributed by atoms with E-state index in [4.69, 9.17) is 32.7 Å². The highest BCUT2D eigenvalue weighted by molar-refractivity contribution is 6.37. The van der Waals surface area contributed by atoms with Gasteiger partial charge in [0.1, 0.15) is 5.56 Å². The van der Waals surface area contributed by atoms with Gasteiger partial charge in [-0.3, -0.25) is 4.79 Å². The Hall–Kier alpha value is -0.970.